The van der Waals surface area contributed by atoms with E-state index in [2.05, 4.69) is 25.0 Å². The lowest BCUT2D eigenvalue weighted by atomic mass is 9.79. The molecule has 1 spiro atoms. The van der Waals surface area contributed by atoms with Crippen molar-refractivity contribution >= 4 is 57.4 Å². The van der Waals surface area contributed by atoms with Gasteiger partial charge in [0.1, 0.15) is 23.2 Å². The van der Waals surface area contributed by atoms with E-state index in [4.69, 9.17) is 9.47 Å². The largest absolute Gasteiger partial charge is 0.453 e. The number of aryl methyl sites for hydroxylation is 1. The Balaban J connectivity index is 0.823. The van der Waals surface area contributed by atoms with Crippen molar-refractivity contribution in [3.05, 3.63) is 81.9 Å². The van der Waals surface area contributed by atoms with Crippen LogP contribution in [-0.2, 0) is 16.6 Å². The molecule has 4 fully saturated rings. The van der Waals surface area contributed by atoms with Gasteiger partial charge in [0, 0.05) is 63.2 Å². The number of benzene rings is 3. The summed E-state index contributed by atoms with van der Waals surface area (Å²) in [4.78, 5) is 46.7. The lowest BCUT2D eigenvalue weighted by Gasteiger charge is -2.44. The zero-order chi connectivity index (χ0) is 44.0. The molecule has 4 aliphatic rings. The minimum atomic E-state index is -0.737. The third-order valence-electron chi connectivity index (χ3n) is 13.1. The van der Waals surface area contributed by atoms with Gasteiger partial charge in [-0.2, -0.15) is 10.4 Å². The van der Waals surface area contributed by atoms with E-state index in [0.717, 1.165) is 69.3 Å². The SMILES string of the molecule is CN(CCO)SNc1ccc(F)c(Oc2ccc3ncn(C4COC5(CCN(C6CCC(c7cc8c(cc7F)c(N7CCC(=O)NC7=O)nn8C)CC6)CC5)C4)c(=O)c3c2)c1C#N. The number of halogens is 2. The third kappa shape index (κ3) is 8.33. The van der Waals surface area contributed by atoms with Gasteiger partial charge in [0.05, 0.1) is 53.3 Å². The fourth-order valence-corrected chi connectivity index (χ4v) is 10.3. The van der Waals surface area contributed by atoms with E-state index < -0.39 is 11.8 Å². The van der Waals surface area contributed by atoms with E-state index in [1.807, 2.05) is 12.1 Å². The molecule has 3 N–H and O–H groups in total. The smallest absolute Gasteiger partial charge is 0.329 e. The third-order valence-corrected chi connectivity index (χ3v) is 13.9. The van der Waals surface area contributed by atoms with Gasteiger partial charge < -0.3 is 24.2 Å². The Morgan fingerprint density at radius 2 is 1.84 bits per heavy atom. The Bertz CT molecular complexity index is 2690. The molecule has 9 rings (SSSR count). The molecule has 1 unspecified atom stereocenters. The van der Waals surface area contributed by atoms with Crippen molar-refractivity contribution in [2.24, 2.45) is 7.05 Å². The summed E-state index contributed by atoms with van der Waals surface area (Å²) in [5.41, 5.74) is 1.51. The van der Waals surface area contributed by atoms with Crippen molar-refractivity contribution < 1.29 is 33.0 Å². The molecule has 3 amide bonds. The molecule has 5 heterocycles. The summed E-state index contributed by atoms with van der Waals surface area (Å²) in [5.74, 6) is -1.08. The summed E-state index contributed by atoms with van der Waals surface area (Å²) >= 11 is 1.14. The van der Waals surface area contributed by atoms with Gasteiger partial charge in [-0.25, -0.2) is 22.9 Å². The first-order chi connectivity index (χ1) is 30.4. The van der Waals surface area contributed by atoms with Crippen molar-refractivity contribution in [1.82, 2.24) is 33.9 Å². The van der Waals surface area contributed by atoms with Crippen LogP contribution in [0.25, 0.3) is 21.8 Å². The average Bonchev–Trinajstić information content (AvgIpc) is 3.83. The van der Waals surface area contributed by atoms with Crippen molar-refractivity contribution in [3.8, 4) is 17.6 Å². The highest BCUT2D eigenvalue weighted by Crippen LogP contribution is 2.44. The zero-order valence-corrected chi connectivity index (χ0v) is 35.8. The summed E-state index contributed by atoms with van der Waals surface area (Å²) in [6.45, 7) is 2.60. The fraction of sp³-hybridized carbons (Fsp3) is 0.455. The standard InChI is InChI=1S/C44H48F2N10O6S/c1-52(17-18-57)63-51-37-10-8-34(45)40(33(37)23-47)62-29-7-9-36-31(19-29)42(59)56(25-48-36)28-22-44(61-24-28)12-15-54(16-13-44)27-5-3-26(4-6-27)30-21-38-32(20-35(30)46)41(50-53(38)2)55-14-11-39(58)49-43(55)60/h7-10,19-21,25-28,51,57H,3-6,11-18,22,24H2,1-2H3,(H,49,58,60). The number of nitrogens with one attached hydrogen (secondary N) is 2. The monoisotopic (exact) mass is 882 g/mol. The molecule has 0 radical (unpaired) electrons. The van der Waals surface area contributed by atoms with Crippen LogP contribution in [0.5, 0.6) is 11.5 Å². The fourth-order valence-electron chi connectivity index (χ4n) is 9.67. The van der Waals surface area contributed by atoms with Crippen molar-refractivity contribution in [2.45, 2.75) is 75.0 Å². The van der Waals surface area contributed by atoms with Gasteiger partial charge in [-0.05, 0) is 106 Å². The maximum absolute atomic E-state index is 15.8. The van der Waals surface area contributed by atoms with Gasteiger partial charge >= 0.3 is 6.03 Å². The molecule has 19 heteroatoms. The first-order valence-corrected chi connectivity index (χ1v) is 22.0. The van der Waals surface area contributed by atoms with Crippen LogP contribution >= 0.6 is 12.1 Å². The number of carbonyl (C=O) groups excluding carboxylic acids is 2. The second-order valence-corrected chi connectivity index (χ2v) is 17.9. The highest BCUT2D eigenvalue weighted by atomic mass is 32.2. The normalized spacial score (nSPS) is 21.7. The van der Waals surface area contributed by atoms with Crippen LogP contribution < -0.4 is 25.2 Å². The summed E-state index contributed by atoms with van der Waals surface area (Å²) in [6.07, 6.45) is 7.61. The quantitative estimate of drug-likeness (QED) is 0.130. The number of likely N-dealkylation sites (N-methyl/N-ethyl adjacent to an activating group) is 1. The minimum absolute atomic E-state index is 0.0477. The lowest BCUT2D eigenvalue weighted by Crippen LogP contribution is -2.49. The van der Waals surface area contributed by atoms with Gasteiger partial charge in [-0.15, -0.1) is 0 Å². The van der Waals surface area contributed by atoms with Gasteiger partial charge in [0.25, 0.3) is 5.56 Å². The minimum Gasteiger partial charge on any atom is -0.453 e. The summed E-state index contributed by atoms with van der Waals surface area (Å²) in [6, 6.07) is 12.3. The van der Waals surface area contributed by atoms with Crippen molar-refractivity contribution in [2.75, 3.05) is 56.1 Å². The van der Waals surface area contributed by atoms with Crippen LogP contribution in [0.15, 0.2) is 53.6 Å². The first kappa shape index (κ1) is 42.6. The molecule has 3 saturated heterocycles. The Morgan fingerprint density at radius 3 is 2.59 bits per heavy atom. The lowest BCUT2D eigenvalue weighted by molar-refractivity contribution is -0.120. The van der Waals surface area contributed by atoms with Crippen molar-refractivity contribution in [3.63, 3.8) is 0 Å². The van der Waals surface area contributed by atoms with Crippen LogP contribution in [0.4, 0.5) is 25.1 Å². The van der Waals surface area contributed by atoms with Gasteiger partial charge in [-0.3, -0.25) is 29.1 Å². The Hall–Kier alpha value is -5.65. The molecule has 3 aliphatic heterocycles. The summed E-state index contributed by atoms with van der Waals surface area (Å²) in [5, 5.41) is 26.8. The highest BCUT2D eigenvalue weighted by molar-refractivity contribution is 7.98. The van der Waals surface area contributed by atoms with Gasteiger partial charge in [0.2, 0.25) is 5.91 Å². The predicted octanol–water partition coefficient (Wildman–Crippen LogP) is 6.09. The number of rotatable bonds is 11. The van der Waals surface area contributed by atoms with Crippen LogP contribution in [0, 0.1) is 23.0 Å². The number of aromatic nitrogens is 4. The van der Waals surface area contributed by atoms with Crippen LogP contribution in [-0.4, -0.2) is 104 Å². The number of piperidine rings is 1. The number of hydrogen-bond acceptors (Lipinski definition) is 13. The Morgan fingerprint density at radius 1 is 1.05 bits per heavy atom. The number of fused-ring (bicyclic) bond motifs is 2. The molecule has 3 aromatic carbocycles. The second kappa shape index (κ2) is 17.5. The number of nitriles is 1. The van der Waals surface area contributed by atoms with Crippen LogP contribution in [0.2, 0.25) is 0 Å². The number of anilines is 2. The molecule has 2 aromatic heterocycles. The number of imide groups is 1. The average molecular weight is 883 g/mol. The zero-order valence-electron chi connectivity index (χ0n) is 35.0. The van der Waals surface area contributed by atoms with E-state index in [-0.39, 0.29) is 71.5 Å². The first-order valence-electron chi connectivity index (χ1n) is 21.3. The molecule has 1 aliphatic carbocycles. The number of hydrogen-bond donors (Lipinski definition) is 3. The number of likely N-dealkylation sites (tertiary alicyclic amines) is 1. The number of aliphatic hydroxyl groups is 1. The number of ether oxygens (including phenoxy) is 2. The summed E-state index contributed by atoms with van der Waals surface area (Å²) < 4.78 is 51.4. The van der Waals surface area contributed by atoms with E-state index in [1.165, 1.54) is 29.2 Å². The molecule has 0 bridgehead atoms. The van der Waals surface area contributed by atoms with E-state index >= 15 is 8.78 Å². The maximum Gasteiger partial charge on any atom is 0.329 e. The van der Waals surface area contributed by atoms with Gasteiger partial charge in [-0.1, -0.05) is 0 Å². The molecule has 16 nitrogen and oxygen atoms in total. The number of carbonyl (C=O) groups is 2. The predicted molar refractivity (Wildman–Crippen MR) is 232 cm³/mol. The Labute approximate surface area is 366 Å². The number of nitrogens with zero attached hydrogens (tertiary/aromatic N) is 8. The molecular formula is C44H48F2N10O6S. The molecule has 330 valence electrons. The van der Waals surface area contributed by atoms with Gasteiger partial charge in [0.15, 0.2) is 17.4 Å². The molecule has 5 aromatic rings. The molecule has 1 atom stereocenters. The molecular weight excluding hydrogens is 835 g/mol. The molecule has 63 heavy (non-hydrogen) atoms. The second-order valence-electron chi connectivity index (χ2n) is 16.9. The van der Waals surface area contributed by atoms with E-state index in [9.17, 15) is 24.8 Å². The topological polar surface area (TPSA) is 183 Å². The number of urea groups is 1. The van der Waals surface area contributed by atoms with Crippen LogP contribution in [0.1, 0.15) is 74.5 Å². The number of amides is 3. The summed E-state index contributed by atoms with van der Waals surface area (Å²) in [7, 11) is 3.53. The van der Waals surface area contributed by atoms with Crippen molar-refractivity contribution in [1.29, 1.82) is 5.26 Å². The van der Waals surface area contributed by atoms with Crippen LogP contribution in [0.3, 0.4) is 0 Å². The Kier molecular flexibility index (Phi) is 11.8. The van der Waals surface area contributed by atoms with E-state index in [1.54, 1.807) is 46.1 Å². The highest BCUT2D eigenvalue weighted by Gasteiger charge is 2.45. The maximum atomic E-state index is 15.8. The number of aliphatic hydroxyl groups excluding tert-OH is 1. The molecule has 1 saturated carbocycles. The van der Waals surface area contributed by atoms with E-state index in [0.29, 0.717) is 59.0 Å².